The number of nitrogens with two attached hydrogens (primary N) is 1. The second kappa shape index (κ2) is 7.29. The van der Waals surface area contributed by atoms with E-state index in [1.54, 1.807) is 0 Å². The van der Waals surface area contributed by atoms with Crippen molar-refractivity contribution in [3.8, 4) is 0 Å². The first-order valence-corrected chi connectivity index (χ1v) is 7.45. The summed E-state index contributed by atoms with van der Waals surface area (Å²) in [5, 5.41) is 12.0. The minimum absolute atomic E-state index is 0.262. The monoisotopic (exact) mass is 378 g/mol. The highest BCUT2D eigenvalue weighted by atomic mass is 79.9. The molecule has 0 aromatic carbocycles. The van der Waals surface area contributed by atoms with E-state index in [0.29, 0.717) is 12.8 Å². The number of primary amides is 1. The van der Waals surface area contributed by atoms with Crippen molar-refractivity contribution in [3.63, 3.8) is 0 Å². The summed E-state index contributed by atoms with van der Waals surface area (Å²) in [7, 11) is 0. The summed E-state index contributed by atoms with van der Waals surface area (Å²) < 4.78 is -0.665. The molecule has 0 aromatic rings. The number of alkyl halides is 1. The van der Waals surface area contributed by atoms with Gasteiger partial charge in [0.1, 0.15) is 16.7 Å². The Bertz CT molecular complexity index is 443. The zero-order chi connectivity index (χ0) is 16.9. The van der Waals surface area contributed by atoms with E-state index in [1.807, 2.05) is 19.2 Å². The number of hydrogen-bond acceptors (Lipinski definition) is 4. The van der Waals surface area contributed by atoms with E-state index >= 15 is 0 Å². The van der Waals surface area contributed by atoms with Crippen molar-refractivity contribution in [1.29, 1.82) is 0 Å². The molecule has 124 valence electrons. The third-order valence-electron chi connectivity index (χ3n) is 3.24. The number of halogens is 1. The van der Waals surface area contributed by atoms with Gasteiger partial charge in [-0.2, -0.15) is 0 Å². The largest absolute Gasteiger partial charge is 0.351 e. The number of carbonyl (C=O) groups excluding carboxylic acids is 4. The van der Waals surface area contributed by atoms with Crippen LogP contribution >= 0.6 is 15.9 Å². The van der Waals surface area contributed by atoms with Gasteiger partial charge in [0.2, 0.25) is 5.91 Å². The van der Waals surface area contributed by atoms with Gasteiger partial charge >= 0.3 is 18.1 Å². The maximum Gasteiger partial charge on any atom is 0.318 e. The highest BCUT2D eigenvalue weighted by molar-refractivity contribution is 9.10. The van der Waals surface area contributed by atoms with Crippen LogP contribution in [0.15, 0.2) is 0 Å². The van der Waals surface area contributed by atoms with Crippen molar-refractivity contribution in [1.82, 2.24) is 26.6 Å². The Kier molecular flexibility index (Phi) is 5.97. The minimum atomic E-state index is -0.814. The van der Waals surface area contributed by atoms with Crippen molar-refractivity contribution in [2.75, 3.05) is 0 Å². The fourth-order valence-electron chi connectivity index (χ4n) is 1.85. The van der Waals surface area contributed by atoms with Crippen LogP contribution in [0, 0.1) is 0 Å². The van der Waals surface area contributed by atoms with E-state index in [0.717, 1.165) is 0 Å². The first-order valence-electron chi connectivity index (χ1n) is 6.65. The van der Waals surface area contributed by atoms with Crippen molar-refractivity contribution in [2.45, 2.75) is 43.3 Å². The molecule has 7 amide bonds. The number of carbonyl (C=O) groups is 4. The van der Waals surface area contributed by atoms with Crippen molar-refractivity contribution in [2.24, 2.45) is 5.73 Å². The van der Waals surface area contributed by atoms with Gasteiger partial charge in [-0.1, -0.05) is 29.8 Å². The lowest BCUT2D eigenvalue weighted by molar-refractivity contribution is -0.122. The van der Waals surface area contributed by atoms with Gasteiger partial charge in [0, 0.05) is 0 Å². The van der Waals surface area contributed by atoms with Gasteiger partial charge in [0.15, 0.2) is 0 Å². The number of urea groups is 3. The normalized spacial score (nSPS) is 22.1. The number of hydrogen-bond donors (Lipinski definition) is 6. The first-order chi connectivity index (χ1) is 10.2. The lowest BCUT2D eigenvalue weighted by atomic mass is 10.0. The summed E-state index contributed by atoms with van der Waals surface area (Å²) in [6.45, 7) is 3.72. The molecule has 2 rings (SSSR count). The molecule has 11 heteroatoms. The highest BCUT2D eigenvalue weighted by Gasteiger charge is 2.38. The average molecular weight is 379 g/mol. The van der Waals surface area contributed by atoms with Crippen LogP contribution in [0.3, 0.4) is 0 Å². The van der Waals surface area contributed by atoms with E-state index in [-0.39, 0.29) is 30.3 Å². The zero-order valence-corrected chi connectivity index (χ0v) is 13.7. The minimum Gasteiger partial charge on any atom is -0.351 e. The summed E-state index contributed by atoms with van der Waals surface area (Å²) in [6.07, 6.45) is 0.644. The smallest absolute Gasteiger partial charge is 0.318 e. The molecule has 2 fully saturated rings. The standard InChI is InChI=1S/C7H13BrN2O2.C4H6N4O2/c1-3-7(8,4-2)5(11)10-6(9)12;9-3-5-1-2(7-3)8-4(10)6-1/h3-4H2,1-2H3,(H3,9,10,11,12);1-2H,(H2,5,7,9)(H2,6,8,10). The van der Waals surface area contributed by atoms with Crippen LogP contribution < -0.4 is 32.3 Å². The molecule has 2 aliphatic rings. The van der Waals surface area contributed by atoms with Crippen molar-refractivity contribution >= 4 is 39.9 Å². The molecule has 0 atom stereocenters. The lowest BCUT2D eigenvalue weighted by Gasteiger charge is -2.21. The fourth-order valence-corrected chi connectivity index (χ4v) is 1.95. The first kappa shape index (κ1) is 18.0. The summed E-state index contributed by atoms with van der Waals surface area (Å²) >= 11 is 3.26. The third-order valence-corrected chi connectivity index (χ3v) is 4.73. The number of nitrogens with one attached hydrogen (secondary N) is 5. The molecular formula is C11H19BrN6O4. The van der Waals surface area contributed by atoms with Crippen molar-refractivity contribution in [3.05, 3.63) is 0 Å². The molecule has 10 nitrogen and oxygen atoms in total. The van der Waals surface area contributed by atoms with Crippen LogP contribution in [0.5, 0.6) is 0 Å². The molecule has 2 aliphatic heterocycles. The molecule has 0 spiro atoms. The summed E-state index contributed by atoms with van der Waals surface area (Å²) in [5.74, 6) is -0.375. The molecule has 0 bridgehead atoms. The van der Waals surface area contributed by atoms with Gasteiger partial charge in [-0.25, -0.2) is 14.4 Å². The Morgan fingerprint density at radius 1 is 1.09 bits per heavy atom. The van der Waals surface area contributed by atoms with Gasteiger partial charge in [-0.05, 0) is 12.8 Å². The highest BCUT2D eigenvalue weighted by Crippen LogP contribution is 2.26. The lowest BCUT2D eigenvalue weighted by Crippen LogP contribution is -2.46. The average Bonchev–Trinajstić information content (AvgIpc) is 2.93. The molecule has 22 heavy (non-hydrogen) atoms. The number of amides is 7. The van der Waals surface area contributed by atoms with Gasteiger partial charge < -0.3 is 27.0 Å². The second-order valence-electron chi connectivity index (χ2n) is 4.68. The molecule has 0 radical (unpaired) electrons. The van der Waals surface area contributed by atoms with E-state index in [2.05, 4.69) is 37.2 Å². The molecule has 0 unspecified atom stereocenters. The third kappa shape index (κ3) is 4.48. The molecule has 7 N–H and O–H groups in total. The predicted molar refractivity (Wildman–Crippen MR) is 80.9 cm³/mol. The van der Waals surface area contributed by atoms with E-state index in [9.17, 15) is 19.2 Å². The summed E-state index contributed by atoms with van der Waals surface area (Å²) in [4.78, 5) is 42.7. The second-order valence-corrected chi connectivity index (χ2v) is 6.20. The van der Waals surface area contributed by atoms with E-state index in [1.165, 1.54) is 0 Å². The molecular weight excluding hydrogens is 360 g/mol. The molecule has 2 saturated heterocycles. The Morgan fingerprint density at radius 3 is 1.73 bits per heavy atom. The maximum atomic E-state index is 11.3. The van der Waals surface area contributed by atoms with Crippen LogP contribution in [-0.4, -0.2) is 40.7 Å². The maximum absolute atomic E-state index is 11.3. The Balaban J connectivity index is 0.000000222. The van der Waals surface area contributed by atoms with Crippen LogP contribution in [-0.2, 0) is 4.79 Å². The quantitative estimate of drug-likeness (QED) is 0.362. The van der Waals surface area contributed by atoms with Gasteiger partial charge in [0.05, 0.1) is 0 Å². The van der Waals surface area contributed by atoms with Crippen LogP contribution in [0.1, 0.15) is 26.7 Å². The molecule has 0 aliphatic carbocycles. The van der Waals surface area contributed by atoms with E-state index < -0.39 is 10.4 Å². The zero-order valence-electron chi connectivity index (χ0n) is 12.2. The SMILES string of the molecule is CCC(Br)(CC)C(=O)NC(N)=O.O=C1NC2NC(=O)NC2N1. The fraction of sp³-hybridized carbons (Fsp3) is 0.636. The van der Waals surface area contributed by atoms with Crippen LogP contribution in [0.25, 0.3) is 0 Å². The van der Waals surface area contributed by atoms with E-state index in [4.69, 9.17) is 5.73 Å². The predicted octanol–water partition coefficient (Wildman–Crippen LogP) is -0.601. The van der Waals surface area contributed by atoms with Gasteiger partial charge in [-0.3, -0.25) is 10.1 Å². The Morgan fingerprint density at radius 2 is 1.45 bits per heavy atom. The number of fused-ring (bicyclic) bond motifs is 1. The van der Waals surface area contributed by atoms with Crippen molar-refractivity contribution < 1.29 is 19.2 Å². The Hall–Kier alpha value is -2.04. The Labute approximate surface area is 135 Å². The summed E-state index contributed by atoms with van der Waals surface area (Å²) in [5.41, 5.74) is 4.81. The van der Waals surface area contributed by atoms with Crippen LogP contribution in [0.4, 0.5) is 14.4 Å². The topological polar surface area (TPSA) is 154 Å². The number of imide groups is 1. The molecule has 0 saturated carbocycles. The van der Waals surface area contributed by atoms with Gasteiger partial charge in [-0.15, -0.1) is 0 Å². The van der Waals surface area contributed by atoms with Crippen LogP contribution in [0.2, 0.25) is 0 Å². The summed E-state index contributed by atoms with van der Waals surface area (Å²) in [6, 6.07) is -1.34. The molecule has 2 heterocycles. The molecule has 0 aromatic heterocycles. The van der Waals surface area contributed by atoms with Gasteiger partial charge in [0.25, 0.3) is 0 Å². The number of rotatable bonds is 3.